The van der Waals surface area contributed by atoms with Crippen molar-refractivity contribution in [3.05, 3.63) is 28.3 Å². The summed E-state index contributed by atoms with van der Waals surface area (Å²) in [7, 11) is 2.11. The number of hydrogen-bond donors (Lipinski definition) is 0. The van der Waals surface area contributed by atoms with Gasteiger partial charge in [-0.1, -0.05) is 0 Å². The van der Waals surface area contributed by atoms with Crippen LogP contribution in [0.1, 0.15) is 6.92 Å². The molecule has 0 unspecified atom stereocenters. The van der Waals surface area contributed by atoms with Crippen molar-refractivity contribution in [3.63, 3.8) is 0 Å². The highest BCUT2D eigenvalue weighted by molar-refractivity contribution is 5.65. The fourth-order valence-electron chi connectivity index (χ4n) is 3.01. The average molecular weight is 263 g/mol. The van der Waals surface area contributed by atoms with Crippen LogP contribution in [0.15, 0.2) is 18.2 Å². The van der Waals surface area contributed by atoms with Crippen LogP contribution < -0.4 is 9.64 Å². The summed E-state index contributed by atoms with van der Waals surface area (Å²) in [6.07, 6.45) is 0. The molecule has 0 amide bonds. The van der Waals surface area contributed by atoms with E-state index in [1.165, 1.54) is 6.07 Å². The predicted molar refractivity (Wildman–Crippen MR) is 71.8 cm³/mol. The van der Waals surface area contributed by atoms with Gasteiger partial charge in [-0.15, -0.1) is 0 Å². The SMILES string of the molecule is CN1CCN2c3ccc([N+](=O)[O-])cc3OC[C@]2(C)C1. The summed E-state index contributed by atoms with van der Waals surface area (Å²) < 4.78 is 5.76. The van der Waals surface area contributed by atoms with E-state index in [0.717, 1.165) is 25.3 Å². The highest BCUT2D eigenvalue weighted by atomic mass is 16.6. The summed E-state index contributed by atoms with van der Waals surface area (Å²) in [5.41, 5.74) is 0.986. The number of nitro benzene ring substituents is 1. The molecule has 1 aromatic rings. The first-order chi connectivity index (χ1) is 8.99. The second-order valence-corrected chi connectivity index (χ2v) is 5.58. The van der Waals surface area contributed by atoms with E-state index >= 15 is 0 Å². The summed E-state index contributed by atoms with van der Waals surface area (Å²) in [6.45, 7) is 5.58. The topological polar surface area (TPSA) is 58.9 Å². The zero-order chi connectivity index (χ0) is 13.6. The van der Waals surface area contributed by atoms with Gasteiger partial charge in [0.05, 0.1) is 22.2 Å². The quantitative estimate of drug-likeness (QED) is 0.567. The number of anilines is 1. The van der Waals surface area contributed by atoms with Gasteiger partial charge in [0.2, 0.25) is 0 Å². The minimum absolute atomic E-state index is 0.0594. The van der Waals surface area contributed by atoms with E-state index in [0.29, 0.717) is 12.4 Å². The lowest BCUT2D eigenvalue weighted by molar-refractivity contribution is -0.384. The van der Waals surface area contributed by atoms with Gasteiger partial charge < -0.3 is 14.5 Å². The minimum Gasteiger partial charge on any atom is -0.489 e. The van der Waals surface area contributed by atoms with Crippen molar-refractivity contribution in [2.45, 2.75) is 12.5 Å². The van der Waals surface area contributed by atoms with Crippen molar-refractivity contribution in [3.8, 4) is 5.75 Å². The van der Waals surface area contributed by atoms with Crippen LogP contribution in [0.25, 0.3) is 0 Å². The fourth-order valence-corrected chi connectivity index (χ4v) is 3.01. The first kappa shape index (κ1) is 12.2. The lowest BCUT2D eigenvalue weighted by atomic mass is 9.94. The number of benzene rings is 1. The Morgan fingerprint density at radius 3 is 2.95 bits per heavy atom. The molecule has 2 aliphatic rings. The molecule has 0 saturated carbocycles. The van der Waals surface area contributed by atoms with Gasteiger partial charge >= 0.3 is 0 Å². The lowest BCUT2D eigenvalue weighted by Gasteiger charge is -2.51. The molecule has 2 aliphatic heterocycles. The molecule has 19 heavy (non-hydrogen) atoms. The van der Waals surface area contributed by atoms with Crippen LogP contribution in [0.4, 0.5) is 11.4 Å². The lowest BCUT2D eigenvalue weighted by Crippen LogP contribution is -2.64. The van der Waals surface area contributed by atoms with Gasteiger partial charge in [-0.05, 0) is 20.0 Å². The largest absolute Gasteiger partial charge is 0.489 e. The fraction of sp³-hybridized carbons (Fsp3) is 0.538. The van der Waals surface area contributed by atoms with Gasteiger partial charge in [-0.25, -0.2) is 0 Å². The molecule has 0 N–H and O–H groups in total. The third-order valence-electron chi connectivity index (χ3n) is 3.95. The molecular weight excluding hydrogens is 246 g/mol. The normalized spacial score (nSPS) is 26.3. The first-order valence-corrected chi connectivity index (χ1v) is 6.37. The van der Waals surface area contributed by atoms with Crippen LogP contribution in [0, 0.1) is 10.1 Å². The molecule has 1 aromatic carbocycles. The summed E-state index contributed by atoms with van der Waals surface area (Å²) in [6, 6.07) is 4.87. The Morgan fingerprint density at radius 2 is 2.21 bits per heavy atom. The highest BCUT2D eigenvalue weighted by Crippen LogP contribution is 2.41. The number of non-ortho nitro benzene ring substituents is 1. The standard InChI is InChI=1S/C13H17N3O3/c1-13-8-14(2)5-6-15(13)11-4-3-10(16(17)18)7-12(11)19-9-13/h3-4,7H,5-6,8-9H2,1-2H3/t13-/m0/s1. The number of rotatable bonds is 1. The Kier molecular flexibility index (Phi) is 2.63. The van der Waals surface area contributed by atoms with E-state index in [4.69, 9.17) is 4.74 Å². The zero-order valence-corrected chi connectivity index (χ0v) is 11.1. The van der Waals surface area contributed by atoms with Gasteiger partial charge in [0, 0.05) is 25.7 Å². The van der Waals surface area contributed by atoms with Crippen LogP contribution in [0.2, 0.25) is 0 Å². The molecule has 0 aromatic heterocycles. The monoisotopic (exact) mass is 263 g/mol. The summed E-state index contributed by atoms with van der Waals surface area (Å²) in [5, 5.41) is 10.8. The molecular formula is C13H17N3O3. The number of nitro groups is 1. The molecule has 6 nitrogen and oxygen atoms in total. The van der Waals surface area contributed by atoms with Gasteiger partial charge in [-0.2, -0.15) is 0 Å². The van der Waals surface area contributed by atoms with Crippen molar-refractivity contribution in [1.29, 1.82) is 0 Å². The molecule has 0 radical (unpaired) electrons. The summed E-state index contributed by atoms with van der Waals surface area (Å²) in [4.78, 5) is 15.0. The van der Waals surface area contributed by atoms with Crippen LogP contribution in [-0.4, -0.2) is 48.7 Å². The molecule has 6 heteroatoms. The Labute approximate surface area is 111 Å². The molecule has 2 heterocycles. The van der Waals surface area contributed by atoms with Gasteiger partial charge in [0.15, 0.2) is 0 Å². The molecule has 0 aliphatic carbocycles. The van der Waals surface area contributed by atoms with Crippen molar-refractivity contribution in [1.82, 2.24) is 4.90 Å². The van der Waals surface area contributed by atoms with Crippen molar-refractivity contribution < 1.29 is 9.66 Å². The predicted octanol–water partition coefficient (Wildman–Crippen LogP) is 1.50. The number of piperazine rings is 1. The maximum atomic E-state index is 10.8. The van der Waals surface area contributed by atoms with Crippen molar-refractivity contribution in [2.24, 2.45) is 0 Å². The zero-order valence-electron chi connectivity index (χ0n) is 11.1. The number of hydrogen-bond acceptors (Lipinski definition) is 5. The van der Waals surface area contributed by atoms with Gasteiger partial charge in [-0.3, -0.25) is 10.1 Å². The second-order valence-electron chi connectivity index (χ2n) is 5.58. The third kappa shape index (κ3) is 1.92. The Bertz CT molecular complexity index is 534. The minimum atomic E-state index is -0.387. The van der Waals surface area contributed by atoms with Crippen molar-refractivity contribution in [2.75, 3.05) is 38.2 Å². The van der Waals surface area contributed by atoms with Crippen LogP contribution in [-0.2, 0) is 0 Å². The Balaban J connectivity index is 1.99. The third-order valence-corrected chi connectivity index (χ3v) is 3.95. The van der Waals surface area contributed by atoms with E-state index in [2.05, 4.69) is 23.8 Å². The number of nitrogens with zero attached hydrogens (tertiary/aromatic N) is 3. The van der Waals surface area contributed by atoms with Gasteiger partial charge in [0.25, 0.3) is 5.69 Å². The van der Waals surface area contributed by atoms with Crippen LogP contribution in [0.5, 0.6) is 5.75 Å². The second kappa shape index (κ2) is 4.09. The number of likely N-dealkylation sites (N-methyl/N-ethyl adjacent to an activating group) is 1. The first-order valence-electron chi connectivity index (χ1n) is 6.37. The highest BCUT2D eigenvalue weighted by Gasteiger charge is 2.42. The van der Waals surface area contributed by atoms with Crippen molar-refractivity contribution >= 4 is 11.4 Å². The van der Waals surface area contributed by atoms with Gasteiger partial charge in [0.1, 0.15) is 12.4 Å². The Morgan fingerprint density at radius 1 is 1.42 bits per heavy atom. The molecule has 1 atom stereocenters. The summed E-state index contributed by atoms with van der Waals surface area (Å²) in [5.74, 6) is 0.622. The molecule has 1 fully saturated rings. The van der Waals surface area contributed by atoms with E-state index in [1.54, 1.807) is 12.1 Å². The smallest absolute Gasteiger partial charge is 0.273 e. The number of ether oxygens (including phenoxy) is 1. The Hall–Kier alpha value is -1.82. The molecule has 0 bridgehead atoms. The average Bonchev–Trinajstić information content (AvgIpc) is 2.36. The van der Waals surface area contributed by atoms with E-state index in [9.17, 15) is 10.1 Å². The molecule has 102 valence electrons. The molecule has 1 saturated heterocycles. The van der Waals surface area contributed by atoms with Crippen LogP contribution in [0.3, 0.4) is 0 Å². The number of fused-ring (bicyclic) bond motifs is 3. The van der Waals surface area contributed by atoms with Crippen LogP contribution >= 0.6 is 0 Å². The summed E-state index contributed by atoms with van der Waals surface area (Å²) >= 11 is 0. The molecule has 3 rings (SSSR count). The maximum Gasteiger partial charge on any atom is 0.273 e. The van der Waals surface area contributed by atoms with E-state index in [1.807, 2.05) is 0 Å². The maximum absolute atomic E-state index is 10.8. The molecule has 0 spiro atoms. The van der Waals surface area contributed by atoms with E-state index in [-0.39, 0.29) is 16.1 Å². The van der Waals surface area contributed by atoms with E-state index < -0.39 is 0 Å².